The van der Waals surface area contributed by atoms with Crippen LogP contribution in [0.25, 0.3) is 0 Å². The molecule has 0 aromatic rings. The molecule has 0 aliphatic carbocycles. The molecule has 0 N–H and O–H groups in total. The highest BCUT2D eigenvalue weighted by Crippen LogP contribution is 2.16. The molecule has 456 valence electrons. The fraction of sp³-hybridized carbons (Fsp3) is 0.689. The van der Waals surface area contributed by atoms with Crippen LogP contribution in [0.4, 0.5) is 0 Å². The maximum absolute atomic E-state index is 12.9. The van der Waals surface area contributed by atoms with Crippen LogP contribution in [0.15, 0.2) is 122 Å². The van der Waals surface area contributed by atoms with Crippen LogP contribution in [0.2, 0.25) is 0 Å². The second kappa shape index (κ2) is 67.3. The first kappa shape index (κ1) is 75.8. The molecule has 0 fully saturated rings. The maximum Gasteiger partial charge on any atom is 0.306 e. The molecule has 0 radical (unpaired) electrons. The number of hydrogen-bond donors (Lipinski definition) is 0. The quantitative estimate of drug-likeness (QED) is 0.0261. The van der Waals surface area contributed by atoms with Crippen LogP contribution < -0.4 is 0 Å². The Labute approximate surface area is 494 Å². The number of allylic oxidation sites excluding steroid dienone is 20. The molecule has 0 saturated carbocycles. The van der Waals surface area contributed by atoms with E-state index in [-0.39, 0.29) is 31.6 Å². The van der Waals surface area contributed by atoms with Gasteiger partial charge in [0.05, 0.1) is 0 Å². The Morgan fingerprint density at radius 3 is 0.825 bits per heavy atom. The van der Waals surface area contributed by atoms with E-state index in [0.29, 0.717) is 19.3 Å². The largest absolute Gasteiger partial charge is 0.462 e. The highest BCUT2D eigenvalue weighted by molar-refractivity contribution is 5.71. The lowest BCUT2D eigenvalue weighted by atomic mass is 10.0. The van der Waals surface area contributed by atoms with Gasteiger partial charge >= 0.3 is 17.9 Å². The second-order valence-corrected chi connectivity index (χ2v) is 22.0. The van der Waals surface area contributed by atoms with Crippen LogP contribution >= 0.6 is 0 Å². The van der Waals surface area contributed by atoms with Crippen molar-refractivity contribution in [2.24, 2.45) is 0 Å². The first-order valence-corrected chi connectivity index (χ1v) is 33.5. The minimum absolute atomic E-state index is 0.113. The van der Waals surface area contributed by atoms with Crippen molar-refractivity contribution in [3.05, 3.63) is 122 Å². The van der Waals surface area contributed by atoms with Crippen LogP contribution in [0.5, 0.6) is 0 Å². The molecule has 0 amide bonds. The lowest BCUT2D eigenvalue weighted by Gasteiger charge is -2.18. The van der Waals surface area contributed by atoms with Crippen LogP contribution in [0.1, 0.15) is 310 Å². The monoisotopic (exact) mass is 1110 g/mol. The molecule has 0 heterocycles. The molecule has 6 heteroatoms. The first-order chi connectivity index (χ1) is 39.5. The third-order valence-corrected chi connectivity index (χ3v) is 14.2. The fourth-order valence-corrected chi connectivity index (χ4v) is 9.18. The fourth-order valence-electron chi connectivity index (χ4n) is 9.18. The number of ether oxygens (including phenoxy) is 3. The van der Waals surface area contributed by atoms with Gasteiger partial charge in [-0.2, -0.15) is 0 Å². The van der Waals surface area contributed by atoms with Crippen molar-refractivity contribution in [3.8, 4) is 0 Å². The Kier molecular flexibility index (Phi) is 63.8. The molecule has 0 aromatic carbocycles. The Morgan fingerprint density at radius 2 is 0.512 bits per heavy atom. The van der Waals surface area contributed by atoms with Crippen molar-refractivity contribution in [2.75, 3.05) is 13.2 Å². The summed E-state index contributed by atoms with van der Waals surface area (Å²) in [6.07, 6.45) is 93.6. The minimum Gasteiger partial charge on any atom is -0.462 e. The van der Waals surface area contributed by atoms with Gasteiger partial charge in [0, 0.05) is 19.3 Å². The molecule has 1 unspecified atom stereocenters. The lowest BCUT2D eigenvalue weighted by Crippen LogP contribution is -2.30. The van der Waals surface area contributed by atoms with Gasteiger partial charge in [-0.05, 0) is 122 Å². The second-order valence-electron chi connectivity index (χ2n) is 22.0. The summed E-state index contributed by atoms with van der Waals surface area (Å²) in [5, 5.41) is 0. The molecule has 0 saturated heterocycles. The standard InChI is InChI=1S/C74H124O6/c1-4-7-10-13-16-19-22-25-28-31-34-35-36-37-38-39-41-43-46-49-52-55-58-61-64-67-73(76)79-70-71(69-78-72(75)66-63-60-57-54-51-48-45-42-33-30-27-24-21-18-15-12-9-6-3)80-74(77)68-65-62-59-56-53-50-47-44-40-32-29-26-23-20-17-14-11-8-5-2/h8,11,17,20-22,24-26,29-31,33-34,40,44,50,53,59,62,71H,4-7,9-10,12-16,18-19,23,27-28,32,35-39,41-43,45-49,51-52,54-58,60-61,63-70H2,1-3H3/b11-8-,20-17-,24-21-,25-22-,29-26-,33-30-,34-31-,44-40-,53-50-,62-59-. The van der Waals surface area contributed by atoms with E-state index in [1.54, 1.807) is 0 Å². The minimum atomic E-state index is -0.827. The number of carbonyl (C=O) groups is 3. The zero-order chi connectivity index (χ0) is 57.8. The highest BCUT2D eigenvalue weighted by atomic mass is 16.6. The summed E-state index contributed by atoms with van der Waals surface area (Å²) < 4.78 is 16.9. The molecule has 0 aliphatic heterocycles. The summed E-state index contributed by atoms with van der Waals surface area (Å²) in [6.45, 7) is 6.45. The van der Waals surface area contributed by atoms with Gasteiger partial charge in [-0.3, -0.25) is 14.4 Å². The molecule has 0 bridgehead atoms. The summed E-state index contributed by atoms with van der Waals surface area (Å²) >= 11 is 0. The van der Waals surface area contributed by atoms with E-state index in [2.05, 4.69) is 136 Å². The van der Waals surface area contributed by atoms with Gasteiger partial charge in [-0.15, -0.1) is 0 Å². The van der Waals surface area contributed by atoms with E-state index < -0.39 is 12.1 Å². The van der Waals surface area contributed by atoms with Gasteiger partial charge in [0.25, 0.3) is 0 Å². The Hall–Kier alpha value is -4.19. The van der Waals surface area contributed by atoms with Crippen LogP contribution in [0, 0.1) is 0 Å². The van der Waals surface area contributed by atoms with E-state index in [0.717, 1.165) is 96.3 Å². The van der Waals surface area contributed by atoms with Gasteiger partial charge < -0.3 is 14.2 Å². The molecule has 80 heavy (non-hydrogen) atoms. The predicted octanol–water partition coefficient (Wildman–Crippen LogP) is 23.2. The van der Waals surface area contributed by atoms with Gasteiger partial charge in [-0.1, -0.05) is 290 Å². The summed E-state index contributed by atoms with van der Waals surface area (Å²) in [5.74, 6) is -0.999. The van der Waals surface area contributed by atoms with E-state index in [1.807, 2.05) is 6.08 Å². The van der Waals surface area contributed by atoms with Crippen molar-refractivity contribution in [3.63, 3.8) is 0 Å². The van der Waals surface area contributed by atoms with E-state index in [1.165, 1.54) is 167 Å². The van der Waals surface area contributed by atoms with Gasteiger partial charge in [0.2, 0.25) is 0 Å². The molecule has 0 spiro atoms. The van der Waals surface area contributed by atoms with E-state index in [4.69, 9.17) is 14.2 Å². The Balaban J connectivity index is 4.45. The zero-order valence-electron chi connectivity index (χ0n) is 52.3. The topological polar surface area (TPSA) is 78.9 Å². The number of hydrogen-bond acceptors (Lipinski definition) is 6. The van der Waals surface area contributed by atoms with Crippen molar-refractivity contribution in [1.29, 1.82) is 0 Å². The zero-order valence-corrected chi connectivity index (χ0v) is 52.3. The Bertz CT molecular complexity index is 1650. The first-order valence-electron chi connectivity index (χ1n) is 33.5. The maximum atomic E-state index is 12.9. The lowest BCUT2D eigenvalue weighted by molar-refractivity contribution is -0.166. The number of rotatable bonds is 60. The van der Waals surface area contributed by atoms with Crippen molar-refractivity contribution in [2.45, 2.75) is 316 Å². The van der Waals surface area contributed by atoms with E-state index in [9.17, 15) is 14.4 Å². The Morgan fingerprint density at radius 1 is 0.263 bits per heavy atom. The summed E-state index contributed by atoms with van der Waals surface area (Å²) in [5.41, 5.74) is 0. The third-order valence-electron chi connectivity index (χ3n) is 14.2. The van der Waals surface area contributed by atoms with Gasteiger partial charge in [0.15, 0.2) is 6.10 Å². The SMILES string of the molecule is CC/C=C\C/C=C\C/C=C\C/C=C\C/C=C\C/C=C\CCC(=O)OC(COC(=O)CCCCCCCCC/C=C\C/C=C\CCCCCC)COC(=O)CCCCCCCCCCCCCCC/C=C\C/C=C\CCCCCCC. The van der Waals surface area contributed by atoms with E-state index >= 15 is 0 Å². The summed E-state index contributed by atoms with van der Waals surface area (Å²) in [6, 6.07) is 0. The third kappa shape index (κ3) is 64.6. The van der Waals surface area contributed by atoms with Gasteiger partial charge in [0.1, 0.15) is 13.2 Å². The van der Waals surface area contributed by atoms with Crippen molar-refractivity contribution >= 4 is 17.9 Å². The normalized spacial score (nSPS) is 12.9. The molecular weight excluding hydrogens is 985 g/mol. The highest BCUT2D eigenvalue weighted by Gasteiger charge is 2.19. The average Bonchev–Trinajstić information content (AvgIpc) is 3.46. The van der Waals surface area contributed by atoms with Crippen LogP contribution in [0.3, 0.4) is 0 Å². The molecule has 0 rings (SSSR count). The number of esters is 3. The smallest absolute Gasteiger partial charge is 0.306 e. The van der Waals surface area contributed by atoms with Gasteiger partial charge in [-0.25, -0.2) is 0 Å². The molecule has 6 nitrogen and oxygen atoms in total. The molecule has 1 atom stereocenters. The molecular formula is C74H124O6. The average molecular weight is 1110 g/mol. The number of unbranched alkanes of at least 4 members (excludes halogenated alkanes) is 29. The molecule has 0 aliphatic rings. The van der Waals surface area contributed by atoms with Crippen molar-refractivity contribution < 1.29 is 28.6 Å². The molecule has 0 aromatic heterocycles. The predicted molar refractivity (Wildman–Crippen MR) is 348 cm³/mol. The summed E-state index contributed by atoms with van der Waals surface area (Å²) in [7, 11) is 0. The van der Waals surface area contributed by atoms with Crippen LogP contribution in [-0.4, -0.2) is 37.2 Å². The summed E-state index contributed by atoms with van der Waals surface area (Å²) in [4.78, 5) is 38.4. The van der Waals surface area contributed by atoms with Crippen LogP contribution in [-0.2, 0) is 28.6 Å². The van der Waals surface area contributed by atoms with Crippen molar-refractivity contribution in [1.82, 2.24) is 0 Å². The number of carbonyl (C=O) groups excluding carboxylic acids is 3.